The predicted octanol–water partition coefficient (Wildman–Crippen LogP) is 1.23. The maximum atomic E-state index is 9.00. The molecule has 0 aliphatic heterocycles. The van der Waals surface area contributed by atoms with Crippen LogP contribution in [0.25, 0.3) is 0 Å². The lowest BCUT2D eigenvalue weighted by molar-refractivity contribution is 0.285. The molecule has 0 saturated carbocycles. The first-order valence-electron chi connectivity index (χ1n) is 5.19. The van der Waals surface area contributed by atoms with E-state index in [9.17, 15) is 0 Å². The second-order valence-electron chi connectivity index (χ2n) is 3.37. The van der Waals surface area contributed by atoms with E-state index in [4.69, 9.17) is 15.1 Å². The molecular weight excluding hydrogens is 204 g/mol. The van der Waals surface area contributed by atoms with Gasteiger partial charge in [0.25, 0.3) is 0 Å². The fourth-order valence-electron chi connectivity index (χ4n) is 1.36. The summed E-state index contributed by atoms with van der Waals surface area (Å²) in [5.41, 5.74) is 0.904. The molecule has 0 aromatic heterocycles. The number of nitrogens with zero attached hydrogens (tertiary/aromatic N) is 1. The lowest BCUT2D eigenvalue weighted by Gasteiger charge is -2.11. The number of nitrogens with one attached hydrogen (secondary N) is 1. The third-order valence-corrected chi connectivity index (χ3v) is 2.26. The molecule has 4 heteroatoms. The molecule has 0 heterocycles. The minimum absolute atomic E-state index is 0.133. The van der Waals surface area contributed by atoms with Gasteiger partial charge in [0.05, 0.1) is 13.2 Å². The van der Waals surface area contributed by atoms with Crippen LogP contribution < -0.4 is 10.1 Å². The molecule has 1 atom stereocenters. The first-order chi connectivity index (χ1) is 7.81. The molecule has 0 aliphatic rings. The number of benzene rings is 1. The molecule has 1 unspecified atom stereocenters. The quantitative estimate of drug-likeness (QED) is 0.708. The number of nitriles is 1. The van der Waals surface area contributed by atoms with E-state index in [1.165, 1.54) is 0 Å². The van der Waals surface area contributed by atoms with E-state index in [-0.39, 0.29) is 12.6 Å². The fraction of sp³-hybridized carbons (Fsp3) is 0.417. The highest BCUT2D eigenvalue weighted by Crippen LogP contribution is 2.16. The Hall–Kier alpha value is -1.57. The van der Waals surface area contributed by atoms with Crippen LogP contribution in [0, 0.1) is 11.3 Å². The van der Waals surface area contributed by atoms with E-state index in [1.54, 1.807) is 7.11 Å². The van der Waals surface area contributed by atoms with Gasteiger partial charge in [-0.3, -0.25) is 5.32 Å². The van der Waals surface area contributed by atoms with Crippen LogP contribution in [0.2, 0.25) is 0 Å². The topological polar surface area (TPSA) is 65.3 Å². The highest BCUT2D eigenvalue weighted by Gasteiger charge is 2.08. The number of hydrogen-bond acceptors (Lipinski definition) is 4. The summed E-state index contributed by atoms with van der Waals surface area (Å²) in [5.74, 6) is 0.774. The second kappa shape index (κ2) is 6.83. The van der Waals surface area contributed by atoms with E-state index in [0.29, 0.717) is 13.0 Å². The van der Waals surface area contributed by atoms with Gasteiger partial charge >= 0.3 is 0 Å². The molecule has 86 valence electrons. The molecular formula is C12H16N2O2. The van der Waals surface area contributed by atoms with Gasteiger partial charge in [-0.25, -0.2) is 0 Å². The number of hydrogen-bond donors (Lipinski definition) is 2. The summed E-state index contributed by atoms with van der Waals surface area (Å²) in [6.45, 7) is 0.758. The summed E-state index contributed by atoms with van der Waals surface area (Å²) in [6.07, 6.45) is 0.647. The first kappa shape index (κ1) is 12.5. The van der Waals surface area contributed by atoms with Gasteiger partial charge in [0.2, 0.25) is 0 Å². The van der Waals surface area contributed by atoms with E-state index in [1.807, 2.05) is 24.3 Å². The SMILES string of the molecule is COc1ccc(C(C#N)NCCCO)cc1. The Morgan fingerprint density at radius 2 is 2.12 bits per heavy atom. The van der Waals surface area contributed by atoms with Crippen LogP contribution in [-0.2, 0) is 0 Å². The largest absolute Gasteiger partial charge is 0.497 e. The van der Waals surface area contributed by atoms with E-state index in [2.05, 4.69) is 11.4 Å². The van der Waals surface area contributed by atoms with Crippen molar-refractivity contribution in [1.29, 1.82) is 5.26 Å². The van der Waals surface area contributed by atoms with E-state index < -0.39 is 0 Å². The molecule has 0 aliphatic carbocycles. The van der Waals surface area contributed by atoms with Crippen LogP contribution in [0.5, 0.6) is 5.75 Å². The van der Waals surface area contributed by atoms with Gasteiger partial charge in [0.15, 0.2) is 0 Å². The van der Waals surface area contributed by atoms with Crippen molar-refractivity contribution in [1.82, 2.24) is 5.32 Å². The molecule has 0 fully saturated rings. The van der Waals surface area contributed by atoms with Crippen LogP contribution in [0.4, 0.5) is 0 Å². The Labute approximate surface area is 95.5 Å². The highest BCUT2D eigenvalue weighted by atomic mass is 16.5. The molecule has 0 spiro atoms. The molecule has 0 amide bonds. The normalized spacial score (nSPS) is 11.8. The Morgan fingerprint density at radius 1 is 1.44 bits per heavy atom. The zero-order valence-electron chi connectivity index (χ0n) is 9.31. The lowest BCUT2D eigenvalue weighted by Crippen LogP contribution is -2.21. The third kappa shape index (κ3) is 3.54. The highest BCUT2D eigenvalue weighted by molar-refractivity contribution is 5.31. The van der Waals surface area contributed by atoms with Gasteiger partial charge < -0.3 is 9.84 Å². The molecule has 1 aromatic rings. The summed E-state index contributed by atoms with van der Waals surface area (Å²) in [7, 11) is 1.61. The van der Waals surface area contributed by atoms with Crippen molar-refractivity contribution in [3.05, 3.63) is 29.8 Å². The van der Waals surface area contributed by atoms with Gasteiger partial charge in [-0.1, -0.05) is 12.1 Å². The minimum atomic E-state index is -0.336. The van der Waals surface area contributed by atoms with Gasteiger partial charge in [0, 0.05) is 6.61 Å². The molecule has 1 aromatic carbocycles. The number of aliphatic hydroxyl groups excluding tert-OH is 1. The second-order valence-corrected chi connectivity index (χ2v) is 3.37. The van der Waals surface area contributed by atoms with Gasteiger partial charge in [-0.15, -0.1) is 0 Å². The average molecular weight is 220 g/mol. The van der Waals surface area contributed by atoms with Crippen LogP contribution in [-0.4, -0.2) is 25.4 Å². The van der Waals surface area contributed by atoms with Gasteiger partial charge in [0.1, 0.15) is 11.8 Å². The maximum absolute atomic E-state index is 9.00. The number of aliphatic hydroxyl groups is 1. The molecule has 0 bridgehead atoms. The standard InChI is InChI=1S/C12H16N2O2/c1-16-11-5-3-10(4-6-11)12(9-13)14-7-2-8-15/h3-6,12,14-15H,2,7-8H2,1H3. The number of ether oxygens (including phenoxy) is 1. The average Bonchev–Trinajstić information content (AvgIpc) is 2.35. The monoisotopic (exact) mass is 220 g/mol. The summed E-state index contributed by atoms with van der Waals surface area (Å²) in [4.78, 5) is 0. The van der Waals surface area contributed by atoms with E-state index >= 15 is 0 Å². The number of methoxy groups -OCH3 is 1. The van der Waals surface area contributed by atoms with Crippen LogP contribution in [0.15, 0.2) is 24.3 Å². The van der Waals surface area contributed by atoms with Crippen molar-refractivity contribution in [3.8, 4) is 11.8 Å². The fourth-order valence-corrected chi connectivity index (χ4v) is 1.36. The number of rotatable bonds is 6. The summed E-state index contributed by atoms with van der Waals surface area (Å²) in [5, 5.41) is 20.7. The minimum Gasteiger partial charge on any atom is -0.497 e. The van der Waals surface area contributed by atoms with Gasteiger partial charge in [-0.2, -0.15) is 5.26 Å². The van der Waals surface area contributed by atoms with Crippen LogP contribution in [0.3, 0.4) is 0 Å². The summed E-state index contributed by atoms with van der Waals surface area (Å²) >= 11 is 0. The molecule has 0 saturated heterocycles. The Balaban J connectivity index is 2.61. The zero-order valence-corrected chi connectivity index (χ0v) is 9.31. The molecule has 4 nitrogen and oxygen atoms in total. The Bertz CT molecular complexity index is 343. The predicted molar refractivity (Wildman–Crippen MR) is 61.1 cm³/mol. The van der Waals surface area contributed by atoms with Crippen molar-refractivity contribution in [3.63, 3.8) is 0 Å². The maximum Gasteiger partial charge on any atom is 0.121 e. The molecule has 1 rings (SSSR count). The molecule has 16 heavy (non-hydrogen) atoms. The summed E-state index contributed by atoms with van der Waals surface area (Å²) in [6, 6.07) is 9.22. The van der Waals surface area contributed by atoms with Crippen molar-refractivity contribution in [2.75, 3.05) is 20.3 Å². The molecule has 0 radical (unpaired) electrons. The summed E-state index contributed by atoms with van der Waals surface area (Å²) < 4.78 is 5.04. The lowest BCUT2D eigenvalue weighted by atomic mass is 10.1. The van der Waals surface area contributed by atoms with Crippen LogP contribution >= 0.6 is 0 Å². The van der Waals surface area contributed by atoms with Crippen molar-refractivity contribution in [2.24, 2.45) is 0 Å². The van der Waals surface area contributed by atoms with Crippen LogP contribution in [0.1, 0.15) is 18.0 Å². The van der Waals surface area contributed by atoms with Gasteiger partial charge in [-0.05, 0) is 30.7 Å². The smallest absolute Gasteiger partial charge is 0.121 e. The van der Waals surface area contributed by atoms with Crippen molar-refractivity contribution in [2.45, 2.75) is 12.5 Å². The first-order valence-corrected chi connectivity index (χ1v) is 5.19. The Kier molecular flexibility index (Phi) is 5.34. The van der Waals surface area contributed by atoms with E-state index in [0.717, 1.165) is 11.3 Å². The Morgan fingerprint density at radius 3 is 2.62 bits per heavy atom. The zero-order chi connectivity index (χ0) is 11.8. The third-order valence-electron chi connectivity index (χ3n) is 2.26. The van der Waals surface area contributed by atoms with Crippen molar-refractivity contribution < 1.29 is 9.84 Å². The molecule has 2 N–H and O–H groups in total. The van der Waals surface area contributed by atoms with Crippen molar-refractivity contribution >= 4 is 0 Å².